The van der Waals surface area contributed by atoms with Gasteiger partial charge in [0.1, 0.15) is 6.10 Å². The Kier molecular flexibility index (Phi) is 5.78. The van der Waals surface area contributed by atoms with Crippen molar-refractivity contribution in [1.82, 2.24) is 14.8 Å². The smallest absolute Gasteiger partial charge is 0.240 e. The molecule has 2 saturated heterocycles. The normalized spacial score (nSPS) is 21.8. The molecule has 3 heterocycles. The molecular weight excluding hydrogens is 316 g/mol. The van der Waals surface area contributed by atoms with Crippen molar-refractivity contribution in [2.24, 2.45) is 0 Å². The summed E-state index contributed by atoms with van der Waals surface area (Å²) in [7, 11) is 3.93. The minimum Gasteiger partial charge on any atom is -0.485 e. The van der Waals surface area contributed by atoms with E-state index in [-0.39, 0.29) is 18.1 Å². The van der Waals surface area contributed by atoms with Gasteiger partial charge in [-0.25, -0.2) is 4.98 Å². The monoisotopic (exact) mass is 346 g/mol. The van der Waals surface area contributed by atoms with Crippen LogP contribution < -0.4 is 9.64 Å². The van der Waals surface area contributed by atoms with Crippen LogP contribution in [-0.4, -0.2) is 73.1 Å². The number of pyridine rings is 1. The Morgan fingerprint density at radius 2 is 2.12 bits per heavy atom. The summed E-state index contributed by atoms with van der Waals surface area (Å²) in [4.78, 5) is 23.5. The van der Waals surface area contributed by atoms with Crippen molar-refractivity contribution in [3.63, 3.8) is 0 Å². The number of rotatable bonds is 6. The first-order chi connectivity index (χ1) is 12.1. The van der Waals surface area contributed by atoms with E-state index in [1.54, 1.807) is 0 Å². The predicted molar refractivity (Wildman–Crippen MR) is 99.1 cm³/mol. The van der Waals surface area contributed by atoms with Gasteiger partial charge in [-0.3, -0.25) is 9.69 Å². The molecule has 1 amide bonds. The molecule has 6 heteroatoms. The molecule has 0 N–H and O–H groups in total. The summed E-state index contributed by atoms with van der Waals surface area (Å²) >= 11 is 0. The first-order valence-electron chi connectivity index (χ1n) is 9.42. The van der Waals surface area contributed by atoms with Gasteiger partial charge in [-0.2, -0.15) is 0 Å². The molecule has 2 atom stereocenters. The Balaban J connectivity index is 1.63. The fraction of sp³-hybridized carbons (Fsp3) is 0.684. The van der Waals surface area contributed by atoms with Gasteiger partial charge >= 0.3 is 0 Å². The molecule has 0 aromatic carbocycles. The van der Waals surface area contributed by atoms with Crippen molar-refractivity contribution in [3.8, 4) is 5.75 Å². The second kappa shape index (κ2) is 8.04. The molecule has 0 bridgehead atoms. The number of hydrogen-bond donors (Lipinski definition) is 0. The zero-order valence-electron chi connectivity index (χ0n) is 15.6. The average molecular weight is 346 g/mol. The minimum atomic E-state index is -0.0442. The number of nitrogens with zero attached hydrogens (tertiary/aromatic N) is 4. The lowest BCUT2D eigenvalue weighted by Crippen LogP contribution is -2.45. The second-order valence-corrected chi connectivity index (χ2v) is 7.22. The largest absolute Gasteiger partial charge is 0.485 e. The van der Waals surface area contributed by atoms with Crippen LogP contribution in [0.3, 0.4) is 0 Å². The Morgan fingerprint density at radius 3 is 2.80 bits per heavy atom. The van der Waals surface area contributed by atoms with E-state index in [2.05, 4.69) is 16.8 Å². The topological polar surface area (TPSA) is 48.9 Å². The third-order valence-corrected chi connectivity index (χ3v) is 5.20. The Hall–Kier alpha value is -1.82. The van der Waals surface area contributed by atoms with Crippen LogP contribution in [0.25, 0.3) is 0 Å². The van der Waals surface area contributed by atoms with Gasteiger partial charge in [0.15, 0.2) is 11.6 Å². The maximum absolute atomic E-state index is 12.7. The van der Waals surface area contributed by atoms with Crippen LogP contribution in [0, 0.1) is 0 Å². The third kappa shape index (κ3) is 4.06. The number of amides is 1. The van der Waals surface area contributed by atoms with E-state index in [0.717, 1.165) is 44.0 Å². The molecule has 0 aliphatic carbocycles. The van der Waals surface area contributed by atoms with Gasteiger partial charge in [-0.15, -0.1) is 0 Å². The molecular formula is C19H30N4O2. The van der Waals surface area contributed by atoms with Gasteiger partial charge in [-0.05, 0) is 45.5 Å². The summed E-state index contributed by atoms with van der Waals surface area (Å²) in [6.07, 6.45) is 6.01. The van der Waals surface area contributed by atoms with Gasteiger partial charge in [0, 0.05) is 32.3 Å². The Bertz CT molecular complexity index is 587. The first-order valence-corrected chi connectivity index (χ1v) is 9.42. The fourth-order valence-corrected chi connectivity index (χ4v) is 3.82. The quantitative estimate of drug-likeness (QED) is 0.788. The fourth-order valence-electron chi connectivity index (χ4n) is 3.82. The van der Waals surface area contributed by atoms with Crippen molar-refractivity contribution in [1.29, 1.82) is 0 Å². The first kappa shape index (κ1) is 18.0. The van der Waals surface area contributed by atoms with E-state index >= 15 is 0 Å². The Labute approximate surface area is 150 Å². The van der Waals surface area contributed by atoms with Gasteiger partial charge < -0.3 is 14.5 Å². The second-order valence-electron chi connectivity index (χ2n) is 7.22. The van der Waals surface area contributed by atoms with Crippen molar-refractivity contribution in [2.45, 2.75) is 44.8 Å². The molecule has 3 rings (SSSR count). The highest BCUT2D eigenvalue weighted by molar-refractivity contribution is 5.82. The zero-order valence-corrected chi connectivity index (χ0v) is 15.6. The molecule has 2 aliphatic rings. The molecule has 25 heavy (non-hydrogen) atoms. The molecule has 0 unspecified atom stereocenters. The van der Waals surface area contributed by atoms with Crippen LogP contribution >= 0.6 is 0 Å². The van der Waals surface area contributed by atoms with Crippen LogP contribution in [-0.2, 0) is 4.79 Å². The number of anilines is 1. The molecule has 6 nitrogen and oxygen atoms in total. The molecule has 1 aromatic rings. The van der Waals surface area contributed by atoms with E-state index in [4.69, 9.17) is 4.74 Å². The number of likely N-dealkylation sites (tertiary alicyclic amines) is 1. The minimum absolute atomic E-state index is 0.0442. The number of ether oxygens (including phenoxy) is 1. The maximum Gasteiger partial charge on any atom is 0.240 e. The van der Waals surface area contributed by atoms with Crippen molar-refractivity contribution in [3.05, 3.63) is 18.3 Å². The number of carbonyl (C=O) groups excluding carboxylic acids is 1. The Morgan fingerprint density at radius 1 is 1.36 bits per heavy atom. The lowest BCUT2D eigenvalue weighted by Gasteiger charge is -2.27. The third-order valence-electron chi connectivity index (χ3n) is 5.20. The number of carbonyl (C=O) groups is 1. The SMILES string of the molecule is CC[C@H](C(=O)N1CC[C@H](Oc2cccnc2N2CCCC2)C1)N(C)C. The molecule has 0 saturated carbocycles. The number of hydrogen-bond acceptors (Lipinski definition) is 5. The van der Waals surface area contributed by atoms with Crippen LogP contribution in [0.2, 0.25) is 0 Å². The summed E-state index contributed by atoms with van der Waals surface area (Å²) in [5.41, 5.74) is 0. The van der Waals surface area contributed by atoms with E-state index in [1.807, 2.05) is 42.2 Å². The van der Waals surface area contributed by atoms with E-state index in [9.17, 15) is 4.79 Å². The van der Waals surface area contributed by atoms with Crippen LogP contribution in [0.4, 0.5) is 5.82 Å². The van der Waals surface area contributed by atoms with Crippen molar-refractivity contribution >= 4 is 11.7 Å². The van der Waals surface area contributed by atoms with Gasteiger partial charge in [0.25, 0.3) is 0 Å². The highest BCUT2D eigenvalue weighted by Crippen LogP contribution is 2.30. The van der Waals surface area contributed by atoms with E-state index in [0.29, 0.717) is 6.54 Å². The maximum atomic E-state index is 12.7. The van der Waals surface area contributed by atoms with Crippen LogP contribution in [0.15, 0.2) is 18.3 Å². The molecule has 138 valence electrons. The molecule has 2 aliphatic heterocycles. The van der Waals surface area contributed by atoms with Gasteiger partial charge in [0.05, 0.1) is 12.6 Å². The number of likely N-dealkylation sites (N-methyl/N-ethyl adjacent to an activating group) is 1. The van der Waals surface area contributed by atoms with Gasteiger partial charge in [0.2, 0.25) is 5.91 Å². The van der Waals surface area contributed by atoms with Crippen molar-refractivity contribution < 1.29 is 9.53 Å². The number of aromatic nitrogens is 1. The predicted octanol–water partition coefficient (Wildman–Crippen LogP) is 2.00. The van der Waals surface area contributed by atoms with E-state index < -0.39 is 0 Å². The summed E-state index contributed by atoms with van der Waals surface area (Å²) in [5.74, 6) is 2.01. The summed E-state index contributed by atoms with van der Waals surface area (Å²) < 4.78 is 6.26. The lowest BCUT2D eigenvalue weighted by atomic mass is 10.2. The summed E-state index contributed by atoms with van der Waals surface area (Å²) in [6.45, 7) is 5.59. The van der Waals surface area contributed by atoms with Gasteiger partial charge in [-0.1, -0.05) is 6.92 Å². The molecule has 0 spiro atoms. The average Bonchev–Trinajstić information content (AvgIpc) is 3.27. The van der Waals surface area contributed by atoms with E-state index in [1.165, 1.54) is 12.8 Å². The highest BCUT2D eigenvalue weighted by Gasteiger charge is 2.32. The standard InChI is InChI=1S/C19H30N4O2/c1-4-16(21(2)3)19(24)23-13-9-15(14-23)25-17-8-7-10-20-18(17)22-11-5-6-12-22/h7-8,10,15-16H,4-6,9,11-14H2,1-3H3/t15-,16+/m0/s1. The zero-order chi connectivity index (χ0) is 17.8. The lowest BCUT2D eigenvalue weighted by molar-refractivity contribution is -0.135. The van der Waals surface area contributed by atoms with Crippen LogP contribution in [0.5, 0.6) is 5.75 Å². The summed E-state index contributed by atoms with van der Waals surface area (Å²) in [5, 5.41) is 0. The van der Waals surface area contributed by atoms with Crippen LogP contribution in [0.1, 0.15) is 32.6 Å². The molecule has 1 aromatic heterocycles. The molecule has 2 fully saturated rings. The van der Waals surface area contributed by atoms with Crippen molar-refractivity contribution in [2.75, 3.05) is 45.2 Å². The molecule has 0 radical (unpaired) electrons. The summed E-state index contributed by atoms with van der Waals surface area (Å²) in [6, 6.07) is 3.88. The highest BCUT2D eigenvalue weighted by atomic mass is 16.5.